The molecule has 2 aromatic rings. The minimum absolute atomic E-state index is 0.205. The Morgan fingerprint density at radius 3 is 2.86 bits per heavy atom. The van der Waals surface area contributed by atoms with Gasteiger partial charge in [-0.1, -0.05) is 11.6 Å². The first-order valence-electron chi connectivity index (χ1n) is 6.72. The van der Waals surface area contributed by atoms with E-state index >= 15 is 0 Å². The minimum Gasteiger partial charge on any atom is -0.481 e. The average molecular weight is 340 g/mol. The quantitative estimate of drug-likeness (QED) is 0.900. The normalized spacial score (nSPS) is 21.3. The zero-order chi connectivity index (χ0) is 15.9. The molecule has 8 heteroatoms. The van der Waals surface area contributed by atoms with Gasteiger partial charge in [-0.05, 0) is 25.5 Å². The standard InChI is InChI=1S/C14H14ClN3O3S/c1-14(13(20)21)4-5-18(7-14)12(19)8-6-16-17-11(8)9-2-3-10(15)22-9/h2-3,6H,4-5,7H2,1H3,(H,16,17)(H,20,21). The molecule has 1 fully saturated rings. The number of halogens is 1. The predicted octanol–water partition coefficient (Wildman–Crippen LogP) is 2.73. The number of aliphatic carboxylic acids is 1. The molecule has 0 bridgehead atoms. The van der Waals surface area contributed by atoms with Crippen molar-refractivity contribution in [2.75, 3.05) is 13.1 Å². The fourth-order valence-corrected chi connectivity index (χ4v) is 3.62. The summed E-state index contributed by atoms with van der Waals surface area (Å²) in [6.45, 7) is 2.30. The van der Waals surface area contributed by atoms with Gasteiger partial charge < -0.3 is 10.0 Å². The number of nitrogens with one attached hydrogen (secondary N) is 1. The summed E-state index contributed by atoms with van der Waals surface area (Å²) >= 11 is 7.29. The van der Waals surface area contributed by atoms with E-state index in [1.807, 2.05) is 6.07 Å². The molecule has 0 saturated carbocycles. The summed E-state index contributed by atoms with van der Waals surface area (Å²) in [7, 11) is 0. The maximum absolute atomic E-state index is 12.7. The number of hydrogen-bond acceptors (Lipinski definition) is 4. The van der Waals surface area contributed by atoms with Crippen molar-refractivity contribution in [3.05, 3.63) is 28.2 Å². The van der Waals surface area contributed by atoms with Crippen LogP contribution in [0.5, 0.6) is 0 Å². The van der Waals surface area contributed by atoms with Crippen LogP contribution in [0.1, 0.15) is 23.7 Å². The molecule has 0 aliphatic carbocycles. The third-order valence-corrected chi connectivity index (χ3v) is 5.21. The Morgan fingerprint density at radius 1 is 1.50 bits per heavy atom. The van der Waals surface area contributed by atoms with E-state index in [1.54, 1.807) is 17.9 Å². The molecule has 3 rings (SSSR count). The number of nitrogens with zero attached hydrogens (tertiary/aromatic N) is 2. The third-order valence-electron chi connectivity index (χ3n) is 3.97. The highest BCUT2D eigenvalue weighted by molar-refractivity contribution is 7.19. The second-order valence-corrected chi connectivity index (χ2v) is 7.32. The molecule has 6 nitrogen and oxygen atoms in total. The number of aromatic amines is 1. The molecular formula is C14H14ClN3O3S. The van der Waals surface area contributed by atoms with E-state index < -0.39 is 11.4 Å². The van der Waals surface area contributed by atoms with Gasteiger partial charge >= 0.3 is 5.97 Å². The van der Waals surface area contributed by atoms with E-state index in [9.17, 15) is 14.7 Å². The van der Waals surface area contributed by atoms with Crippen molar-refractivity contribution in [1.29, 1.82) is 0 Å². The summed E-state index contributed by atoms with van der Waals surface area (Å²) in [4.78, 5) is 26.4. The lowest BCUT2D eigenvalue weighted by molar-refractivity contribution is -0.147. The molecule has 2 aromatic heterocycles. The number of carboxylic acids is 1. The summed E-state index contributed by atoms with van der Waals surface area (Å²) < 4.78 is 0.627. The molecule has 1 saturated heterocycles. The number of amides is 1. The van der Waals surface area contributed by atoms with E-state index in [1.165, 1.54) is 17.5 Å². The van der Waals surface area contributed by atoms with Gasteiger partial charge in [-0.2, -0.15) is 5.10 Å². The fourth-order valence-electron chi connectivity index (χ4n) is 2.56. The minimum atomic E-state index is -0.883. The summed E-state index contributed by atoms with van der Waals surface area (Å²) in [5.74, 6) is -1.08. The molecule has 3 heterocycles. The van der Waals surface area contributed by atoms with Crippen molar-refractivity contribution in [1.82, 2.24) is 15.1 Å². The fraction of sp³-hybridized carbons (Fsp3) is 0.357. The number of hydrogen-bond donors (Lipinski definition) is 2. The van der Waals surface area contributed by atoms with Crippen molar-refractivity contribution in [3.8, 4) is 10.6 Å². The second-order valence-electron chi connectivity index (χ2n) is 5.60. The highest BCUT2D eigenvalue weighted by Crippen LogP contribution is 2.34. The average Bonchev–Trinajstić information content (AvgIpc) is 3.17. The zero-order valence-electron chi connectivity index (χ0n) is 11.8. The lowest BCUT2D eigenvalue weighted by Crippen LogP contribution is -2.34. The summed E-state index contributed by atoms with van der Waals surface area (Å²) in [6.07, 6.45) is 1.92. The maximum atomic E-state index is 12.7. The molecule has 0 spiro atoms. The van der Waals surface area contributed by atoms with E-state index in [4.69, 9.17) is 11.6 Å². The molecule has 22 heavy (non-hydrogen) atoms. The van der Waals surface area contributed by atoms with Crippen LogP contribution in [0.2, 0.25) is 4.34 Å². The lowest BCUT2D eigenvalue weighted by Gasteiger charge is -2.20. The Morgan fingerprint density at radius 2 is 2.27 bits per heavy atom. The molecule has 0 radical (unpaired) electrons. The lowest BCUT2D eigenvalue weighted by atomic mass is 9.90. The third kappa shape index (κ3) is 2.50. The number of carboxylic acid groups (broad SMARTS) is 1. The number of thiophene rings is 1. The van der Waals surface area contributed by atoms with Crippen molar-refractivity contribution >= 4 is 34.8 Å². The number of aromatic nitrogens is 2. The van der Waals surface area contributed by atoms with Gasteiger partial charge in [0.2, 0.25) is 0 Å². The van der Waals surface area contributed by atoms with Gasteiger partial charge in [0, 0.05) is 13.1 Å². The monoisotopic (exact) mass is 339 g/mol. The first-order valence-corrected chi connectivity index (χ1v) is 7.92. The first-order chi connectivity index (χ1) is 10.4. The first kappa shape index (κ1) is 15.1. The van der Waals surface area contributed by atoms with E-state index in [0.29, 0.717) is 28.6 Å². The van der Waals surface area contributed by atoms with E-state index in [0.717, 1.165) is 4.88 Å². The molecular weight excluding hydrogens is 326 g/mol. The Labute approximate surface area is 135 Å². The molecule has 1 aliphatic heterocycles. The Bertz CT molecular complexity index is 741. The van der Waals surface area contributed by atoms with Gasteiger partial charge in [0.15, 0.2) is 0 Å². The van der Waals surface area contributed by atoms with Crippen LogP contribution in [0, 0.1) is 5.41 Å². The van der Waals surface area contributed by atoms with Gasteiger partial charge in [-0.3, -0.25) is 14.7 Å². The molecule has 1 atom stereocenters. The number of carbonyl (C=O) groups excluding carboxylic acids is 1. The van der Waals surface area contributed by atoms with Crippen molar-refractivity contribution in [2.45, 2.75) is 13.3 Å². The van der Waals surface area contributed by atoms with Crippen LogP contribution >= 0.6 is 22.9 Å². The highest BCUT2D eigenvalue weighted by atomic mass is 35.5. The van der Waals surface area contributed by atoms with Crippen LogP contribution in [0.25, 0.3) is 10.6 Å². The number of carbonyl (C=O) groups is 2. The van der Waals surface area contributed by atoms with Crippen LogP contribution < -0.4 is 0 Å². The van der Waals surface area contributed by atoms with Gasteiger partial charge in [0.05, 0.1) is 32.1 Å². The molecule has 1 aliphatic rings. The highest BCUT2D eigenvalue weighted by Gasteiger charge is 2.42. The Balaban J connectivity index is 1.86. The van der Waals surface area contributed by atoms with Crippen molar-refractivity contribution in [2.24, 2.45) is 5.41 Å². The summed E-state index contributed by atoms with van der Waals surface area (Å²) in [6, 6.07) is 3.58. The van der Waals surface area contributed by atoms with Gasteiger partial charge in [0.1, 0.15) is 0 Å². The Kier molecular flexibility index (Phi) is 3.70. The number of H-pyrrole nitrogens is 1. The van der Waals surface area contributed by atoms with Crippen molar-refractivity contribution < 1.29 is 14.7 Å². The van der Waals surface area contributed by atoms with Crippen molar-refractivity contribution in [3.63, 3.8) is 0 Å². The van der Waals surface area contributed by atoms with Crippen LogP contribution in [0.15, 0.2) is 18.3 Å². The van der Waals surface area contributed by atoms with Crippen LogP contribution in [0.3, 0.4) is 0 Å². The second kappa shape index (κ2) is 5.40. The van der Waals surface area contributed by atoms with Crippen LogP contribution in [-0.4, -0.2) is 45.2 Å². The molecule has 0 aromatic carbocycles. The van der Waals surface area contributed by atoms with Gasteiger partial charge in [0.25, 0.3) is 5.91 Å². The zero-order valence-corrected chi connectivity index (χ0v) is 13.4. The van der Waals surface area contributed by atoms with E-state index in [2.05, 4.69) is 10.2 Å². The molecule has 2 N–H and O–H groups in total. The number of rotatable bonds is 3. The summed E-state index contributed by atoms with van der Waals surface area (Å²) in [5.41, 5.74) is 0.171. The topological polar surface area (TPSA) is 86.3 Å². The van der Waals surface area contributed by atoms with Gasteiger partial charge in [-0.15, -0.1) is 11.3 Å². The SMILES string of the molecule is CC1(C(=O)O)CCN(C(=O)c2cn[nH]c2-c2ccc(Cl)s2)C1. The largest absolute Gasteiger partial charge is 0.481 e. The number of likely N-dealkylation sites (tertiary alicyclic amines) is 1. The smallest absolute Gasteiger partial charge is 0.311 e. The molecule has 1 unspecified atom stereocenters. The van der Waals surface area contributed by atoms with Crippen LogP contribution in [0.4, 0.5) is 0 Å². The van der Waals surface area contributed by atoms with Crippen LogP contribution in [-0.2, 0) is 4.79 Å². The molecule has 116 valence electrons. The molecule has 1 amide bonds. The predicted molar refractivity (Wildman–Crippen MR) is 83.2 cm³/mol. The van der Waals surface area contributed by atoms with E-state index in [-0.39, 0.29) is 12.5 Å². The maximum Gasteiger partial charge on any atom is 0.311 e. The summed E-state index contributed by atoms with van der Waals surface area (Å²) in [5, 5.41) is 16.0. The van der Waals surface area contributed by atoms with Gasteiger partial charge in [-0.25, -0.2) is 0 Å². The Hall–Kier alpha value is -1.86.